The van der Waals surface area contributed by atoms with Gasteiger partial charge in [-0.25, -0.2) is 9.00 Å². The molecule has 1 amide bonds. The van der Waals surface area contributed by atoms with Gasteiger partial charge in [-0.15, -0.1) is 0 Å². The van der Waals surface area contributed by atoms with E-state index in [4.69, 9.17) is 4.74 Å². The molecule has 1 saturated heterocycles. The number of likely N-dealkylation sites (tertiary alicyclic amines) is 1. The molecule has 1 heterocycles. The fourth-order valence-electron chi connectivity index (χ4n) is 1.38. The number of carbonyl (C=O) groups is 1. The van der Waals surface area contributed by atoms with Crippen molar-refractivity contribution in [3.05, 3.63) is 0 Å². The van der Waals surface area contributed by atoms with Crippen molar-refractivity contribution in [1.82, 2.24) is 4.90 Å². The molecule has 0 aromatic carbocycles. The van der Waals surface area contributed by atoms with Gasteiger partial charge in [0.25, 0.3) is 0 Å². The molecule has 0 aliphatic carbocycles. The van der Waals surface area contributed by atoms with Gasteiger partial charge in [-0.3, -0.25) is 0 Å². The van der Waals surface area contributed by atoms with Gasteiger partial charge < -0.3 is 9.64 Å². The first-order valence-electron chi connectivity index (χ1n) is 6.43. The molecule has 1 atom stereocenters. The number of rotatable bonds is 2. The van der Waals surface area contributed by atoms with Gasteiger partial charge in [0.05, 0.1) is 4.75 Å². The molecule has 1 aliphatic rings. The monoisotopic (exact) mass is 288 g/mol. The van der Waals surface area contributed by atoms with Crippen LogP contribution in [0.3, 0.4) is 0 Å². The fraction of sp³-hybridized carbons (Fsp3) is 0.846. The SMILES string of the molecule is CC(C)(C)OC(=O)N1CC(/C=N\S(=O)C(C)(C)C)C1. The van der Waals surface area contributed by atoms with Crippen LogP contribution in [0.1, 0.15) is 41.5 Å². The smallest absolute Gasteiger partial charge is 0.410 e. The maximum absolute atomic E-state index is 11.7. The van der Waals surface area contributed by atoms with E-state index in [1.165, 1.54) is 0 Å². The molecule has 110 valence electrons. The van der Waals surface area contributed by atoms with Crippen molar-refractivity contribution in [3.63, 3.8) is 0 Å². The van der Waals surface area contributed by atoms with E-state index >= 15 is 0 Å². The quantitative estimate of drug-likeness (QED) is 0.733. The van der Waals surface area contributed by atoms with Crippen LogP contribution in [0.5, 0.6) is 0 Å². The molecule has 0 aromatic heterocycles. The summed E-state index contributed by atoms with van der Waals surface area (Å²) in [5.41, 5.74) is -0.468. The van der Waals surface area contributed by atoms with Crippen molar-refractivity contribution in [2.24, 2.45) is 10.3 Å². The Kier molecular flexibility index (Phi) is 4.76. The van der Waals surface area contributed by atoms with Gasteiger partial charge in [-0.1, -0.05) is 0 Å². The average molecular weight is 288 g/mol. The Morgan fingerprint density at radius 2 is 1.79 bits per heavy atom. The van der Waals surface area contributed by atoms with E-state index in [2.05, 4.69) is 4.40 Å². The molecule has 19 heavy (non-hydrogen) atoms. The van der Waals surface area contributed by atoms with E-state index in [-0.39, 0.29) is 16.8 Å². The zero-order valence-electron chi connectivity index (χ0n) is 12.6. The molecule has 5 nitrogen and oxygen atoms in total. The average Bonchev–Trinajstić information content (AvgIpc) is 2.09. The Bertz CT molecular complexity index is 388. The lowest BCUT2D eigenvalue weighted by atomic mass is 10.0. The molecular weight excluding hydrogens is 264 g/mol. The first-order valence-corrected chi connectivity index (χ1v) is 7.54. The normalized spacial score (nSPS) is 19.4. The number of ether oxygens (including phenoxy) is 1. The summed E-state index contributed by atoms with van der Waals surface area (Å²) in [5, 5.41) is 0. The lowest BCUT2D eigenvalue weighted by molar-refractivity contribution is 0.00740. The van der Waals surface area contributed by atoms with Crippen molar-refractivity contribution in [2.75, 3.05) is 13.1 Å². The molecule has 1 fully saturated rings. The van der Waals surface area contributed by atoms with E-state index in [1.54, 1.807) is 11.1 Å². The Hall–Kier alpha value is -0.910. The molecule has 0 spiro atoms. The second kappa shape index (κ2) is 5.61. The molecule has 0 radical (unpaired) electrons. The topological polar surface area (TPSA) is 59.0 Å². The minimum Gasteiger partial charge on any atom is -0.444 e. The van der Waals surface area contributed by atoms with Crippen LogP contribution in [0, 0.1) is 5.92 Å². The second-order valence-corrected chi connectivity index (χ2v) is 8.70. The summed E-state index contributed by atoms with van der Waals surface area (Å²) in [7, 11) is -1.23. The Balaban J connectivity index is 2.37. The molecule has 0 N–H and O–H groups in total. The number of hydrogen-bond donors (Lipinski definition) is 0. The maximum atomic E-state index is 11.7. The number of amides is 1. The summed E-state index contributed by atoms with van der Waals surface area (Å²) in [6.45, 7) is 12.3. The molecule has 6 heteroatoms. The molecule has 1 aliphatic heterocycles. The minimum absolute atomic E-state index is 0.179. The van der Waals surface area contributed by atoms with Gasteiger partial charge >= 0.3 is 6.09 Å². The van der Waals surface area contributed by atoms with Crippen molar-refractivity contribution in [1.29, 1.82) is 0 Å². The standard InChI is InChI=1S/C13H24N2O3S/c1-12(2,3)18-11(16)15-8-10(9-15)7-14-19(17)13(4,5)6/h7,10H,8-9H2,1-6H3/b14-7-. The highest BCUT2D eigenvalue weighted by Crippen LogP contribution is 2.19. The van der Waals surface area contributed by atoms with Crippen LogP contribution in [0.15, 0.2) is 4.40 Å². The molecular formula is C13H24N2O3S. The van der Waals surface area contributed by atoms with Gasteiger partial charge in [0.2, 0.25) is 0 Å². The van der Waals surface area contributed by atoms with Gasteiger partial charge in [-0.05, 0) is 41.5 Å². The number of nitrogens with zero attached hydrogens (tertiary/aromatic N) is 2. The van der Waals surface area contributed by atoms with Gasteiger partial charge in [0.1, 0.15) is 16.6 Å². The minimum atomic E-state index is -1.23. The highest BCUT2D eigenvalue weighted by atomic mass is 32.2. The van der Waals surface area contributed by atoms with Crippen molar-refractivity contribution >= 4 is 23.3 Å². The van der Waals surface area contributed by atoms with Crippen LogP contribution < -0.4 is 0 Å². The van der Waals surface area contributed by atoms with E-state index in [9.17, 15) is 9.00 Å². The van der Waals surface area contributed by atoms with E-state index in [0.29, 0.717) is 13.1 Å². The summed E-state index contributed by atoms with van der Waals surface area (Å²) < 4.78 is 20.7. The van der Waals surface area contributed by atoms with Crippen LogP contribution in [-0.4, -0.2) is 44.9 Å². The lowest BCUT2D eigenvalue weighted by Gasteiger charge is -2.37. The summed E-state index contributed by atoms with van der Waals surface area (Å²) in [6, 6.07) is 0. The largest absolute Gasteiger partial charge is 0.444 e. The van der Waals surface area contributed by atoms with Crippen molar-refractivity contribution in [3.8, 4) is 0 Å². The number of carbonyl (C=O) groups excluding carboxylic acids is 1. The van der Waals surface area contributed by atoms with Crippen molar-refractivity contribution in [2.45, 2.75) is 51.9 Å². The molecule has 1 rings (SSSR count). The highest BCUT2D eigenvalue weighted by Gasteiger charge is 2.33. The lowest BCUT2D eigenvalue weighted by Crippen LogP contribution is -2.52. The summed E-state index contributed by atoms with van der Waals surface area (Å²) in [4.78, 5) is 13.3. The molecule has 0 bridgehead atoms. The predicted octanol–water partition coefficient (Wildman–Crippen LogP) is 2.39. The Morgan fingerprint density at radius 1 is 1.26 bits per heavy atom. The van der Waals surface area contributed by atoms with Crippen molar-refractivity contribution < 1.29 is 13.7 Å². The Morgan fingerprint density at radius 3 is 2.21 bits per heavy atom. The fourth-order valence-corrected chi connectivity index (χ4v) is 1.98. The predicted molar refractivity (Wildman–Crippen MR) is 77.7 cm³/mol. The first kappa shape index (κ1) is 16.1. The van der Waals surface area contributed by atoms with Gasteiger partial charge in [-0.2, -0.15) is 4.40 Å². The Labute approximate surface area is 118 Å². The van der Waals surface area contributed by atoms with Crippen LogP contribution in [0.4, 0.5) is 4.79 Å². The van der Waals surface area contributed by atoms with Gasteiger partial charge in [0.15, 0.2) is 0 Å². The molecule has 1 unspecified atom stereocenters. The number of hydrogen-bond acceptors (Lipinski definition) is 3. The van der Waals surface area contributed by atoms with E-state index in [0.717, 1.165) is 0 Å². The first-order chi connectivity index (χ1) is 8.49. The van der Waals surface area contributed by atoms with E-state index in [1.807, 2.05) is 41.5 Å². The third-order valence-electron chi connectivity index (χ3n) is 2.45. The van der Waals surface area contributed by atoms with Crippen LogP contribution in [-0.2, 0) is 15.7 Å². The zero-order valence-corrected chi connectivity index (χ0v) is 13.4. The summed E-state index contributed by atoms with van der Waals surface area (Å²) in [6.07, 6.45) is 1.40. The third-order valence-corrected chi connectivity index (χ3v) is 3.81. The van der Waals surface area contributed by atoms with Gasteiger partial charge in [0, 0.05) is 25.2 Å². The summed E-state index contributed by atoms with van der Waals surface area (Å²) >= 11 is 0. The molecule has 0 aromatic rings. The highest BCUT2D eigenvalue weighted by molar-refractivity contribution is 7.85. The van der Waals surface area contributed by atoms with Crippen LogP contribution in [0.25, 0.3) is 0 Å². The second-order valence-electron chi connectivity index (χ2n) is 6.76. The third kappa shape index (κ3) is 5.30. The van der Waals surface area contributed by atoms with Crippen LogP contribution in [0.2, 0.25) is 0 Å². The van der Waals surface area contributed by atoms with E-state index < -0.39 is 16.6 Å². The maximum Gasteiger partial charge on any atom is 0.410 e. The molecule has 0 saturated carbocycles. The summed E-state index contributed by atoms with van der Waals surface area (Å²) in [5.74, 6) is 0.179. The zero-order chi connectivity index (χ0) is 14.8. The van der Waals surface area contributed by atoms with Crippen LogP contribution >= 0.6 is 0 Å².